The summed E-state index contributed by atoms with van der Waals surface area (Å²) in [5, 5.41) is 6.19. The number of halogens is 1. The Morgan fingerprint density at radius 3 is 2.48 bits per heavy atom. The van der Waals surface area contributed by atoms with Crippen molar-refractivity contribution in [1.82, 2.24) is 5.32 Å². The van der Waals surface area contributed by atoms with Gasteiger partial charge < -0.3 is 15.4 Å². The van der Waals surface area contributed by atoms with E-state index in [1.807, 2.05) is 12.1 Å². The summed E-state index contributed by atoms with van der Waals surface area (Å²) in [6, 6.07) is 7.14. The van der Waals surface area contributed by atoms with Gasteiger partial charge >= 0.3 is 5.97 Å². The molecule has 0 aliphatic heterocycles. The maximum Gasteiger partial charge on any atom is 0.341 e. The molecule has 144 valence electrons. The summed E-state index contributed by atoms with van der Waals surface area (Å²) in [5.74, 6) is -1.03. The van der Waals surface area contributed by atoms with Gasteiger partial charge in [-0.15, -0.1) is 23.1 Å². The molecular formula is C18H19ClN2O4S2. The van der Waals surface area contributed by atoms with Gasteiger partial charge in [-0.05, 0) is 43.7 Å². The van der Waals surface area contributed by atoms with Crippen LogP contribution in [0.15, 0.2) is 29.2 Å². The lowest BCUT2D eigenvalue weighted by atomic mass is 10.1. The number of thioether (sulfide) groups is 1. The number of nitrogens with one attached hydrogen (secondary N) is 2. The molecule has 0 radical (unpaired) electrons. The predicted octanol–water partition coefficient (Wildman–Crippen LogP) is 3.98. The first-order valence-corrected chi connectivity index (χ1v) is 10.3. The second-order valence-corrected chi connectivity index (χ2v) is 7.86. The molecule has 2 aromatic rings. The van der Waals surface area contributed by atoms with Crippen LogP contribution in [0, 0.1) is 6.92 Å². The highest BCUT2D eigenvalue weighted by Crippen LogP contribution is 2.34. The van der Waals surface area contributed by atoms with Crippen molar-refractivity contribution in [2.24, 2.45) is 0 Å². The number of anilines is 1. The van der Waals surface area contributed by atoms with Crippen LogP contribution in [0.4, 0.5) is 5.00 Å². The first kappa shape index (κ1) is 21.3. The Balaban J connectivity index is 2.17. The largest absolute Gasteiger partial charge is 0.462 e. The fourth-order valence-corrected chi connectivity index (χ4v) is 4.20. The van der Waals surface area contributed by atoms with Crippen LogP contribution in [0.5, 0.6) is 0 Å². The second kappa shape index (κ2) is 9.77. The molecule has 27 heavy (non-hydrogen) atoms. The molecule has 0 spiro atoms. The zero-order chi connectivity index (χ0) is 20.0. The highest BCUT2D eigenvalue weighted by atomic mass is 35.5. The van der Waals surface area contributed by atoms with Crippen LogP contribution < -0.4 is 10.6 Å². The third-order valence-electron chi connectivity index (χ3n) is 3.50. The Hall–Kier alpha value is -2.03. The Kier molecular flexibility index (Phi) is 7.70. The molecule has 0 unspecified atom stereocenters. The molecule has 6 nitrogen and oxygen atoms in total. The van der Waals surface area contributed by atoms with Crippen LogP contribution in [0.1, 0.15) is 32.5 Å². The van der Waals surface area contributed by atoms with Crippen LogP contribution in [0.25, 0.3) is 0 Å². The van der Waals surface area contributed by atoms with E-state index in [0.717, 1.165) is 16.2 Å². The number of carbonyl (C=O) groups excluding carboxylic acids is 3. The SMILES string of the molecule is CCOC(=O)c1c(NC(=O)CSc2ccc(Cl)cc2)sc(C(=O)NC)c1C. The van der Waals surface area contributed by atoms with Gasteiger partial charge in [0.1, 0.15) is 5.00 Å². The maximum atomic E-state index is 12.3. The summed E-state index contributed by atoms with van der Waals surface area (Å²) < 4.78 is 5.07. The number of benzene rings is 1. The average molecular weight is 427 g/mol. The molecule has 2 N–H and O–H groups in total. The molecule has 2 amide bonds. The van der Waals surface area contributed by atoms with E-state index in [1.54, 1.807) is 26.0 Å². The monoisotopic (exact) mass is 426 g/mol. The number of ether oxygens (including phenoxy) is 1. The molecule has 0 saturated heterocycles. The number of thiophene rings is 1. The molecule has 1 heterocycles. The smallest absolute Gasteiger partial charge is 0.341 e. The van der Waals surface area contributed by atoms with E-state index in [0.29, 0.717) is 20.5 Å². The molecule has 0 aliphatic carbocycles. The average Bonchev–Trinajstić information content (AvgIpc) is 2.96. The molecule has 9 heteroatoms. The van der Waals surface area contributed by atoms with Gasteiger partial charge in [0, 0.05) is 17.0 Å². The summed E-state index contributed by atoms with van der Waals surface area (Å²) in [5.41, 5.74) is 0.698. The topological polar surface area (TPSA) is 84.5 Å². The number of carbonyl (C=O) groups is 3. The van der Waals surface area contributed by atoms with E-state index >= 15 is 0 Å². The Bertz CT molecular complexity index is 850. The number of esters is 1. The predicted molar refractivity (Wildman–Crippen MR) is 109 cm³/mol. The van der Waals surface area contributed by atoms with Crippen LogP contribution in [-0.2, 0) is 9.53 Å². The van der Waals surface area contributed by atoms with Crippen molar-refractivity contribution in [1.29, 1.82) is 0 Å². The molecule has 0 atom stereocenters. The summed E-state index contributed by atoms with van der Waals surface area (Å²) in [4.78, 5) is 37.9. The number of hydrogen-bond donors (Lipinski definition) is 2. The van der Waals surface area contributed by atoms with Gasteiger partial charge in [0.2, 0.25) is 5.91 Å². The minimum atomic E-state index is -0.568. The van der Waals surface area contributed by atoms with Crippen molar-refractivity contribution in [2.75, 3.05) is 24.7 Å². The number of amides is 2. The fourth-order valence-electron chi connectivity index (χ4n) is 2.22. The van der Waals surface area contributed by atoms with E-state index in [-0.39, 0.29) is 29.7 Å². The molecular weight excluding hydrogens is 408 g/mol. The van der Waals surface area contributed by atoms with Crippen molar-refractivity contribution < 1.29 is 19.1 Å². The summed E-state index contributed by atoms with van der Waals surface area (Å²) in [6.45, 7) is 3.55. The zero-order valence-corrected chi connectivity index (χ0v) is 17.4. The second-order valence-electron chi connectivity index (χ2n) is 5.35. The quantitative estimate of drug-likeness (QED) is 0.516. The van der Waals surface area contributed by atoms with Crippen molar-refractivity contribution in [2.45, 2.75) is 18.7 Å². The van der Waals surface area contributed by atoms with Gasteiger partial charge in [-0.2, -0.15) is 0 Å². The fraction of sp³-hybridized carbons (Fsp3) is 0.278. The molecule has 0 aliphatic rings. The molecule has 2 rings (SSSR count). The lowest BCUT2D eigenvalue weighted by molar-refractivity contribution is -0.113. The van der Waals surface area contributed by atoms with Crippen molar-refractivity contribution in [3.05, 3.63) is 45.3 Å². The van der Waals surface area contributed by atoms with Gasteiger partial charge in [-0.3, -0.25) is 9.59 Å². The number of hydrogen-bond acceptors (Lipinski definition) is 6. The first-order chi connectivity index (χ1) is 12.9. The van der Waals surface area contributed by atoms with Crippen LogP contribution in [-0.4, -0.2) is 37.2 Å². The standard InChI is InChI=1S/C18H19ClN2O4S2/c1-4-25-18(24)14-10(2)15(16(23)20-3)27-17(14)21-13(22)9-26-12-7-5-11(19)6-8-12/h5-8H,4,9H2,1-3H3,(H,20,23)(H,21,22). The van der Waals surface area contributed by atoms with Crippen LogP contribution in [0.2, 0.25) is 5.02 Å². The van der Waals surface area contributed by atoms with E-state index in [9.17, 15) is 14.4 Å². The van der Waals surface area contributed by atoms with Crippen molar-refractivity contribution in [3.8, 4) is 0 Å². The van der Waals surface area contributed by atoms with Gasteiger partial charge in [0.05, 0.1) is 22.8 Å². The minimum absolute atomic E-state index is 0.149. The summed E-state index contributed by atoms with van der Waals surface area (Å²) in [6.07, 6.45) is 0. The lowest BCUT2D eigenvalue weighted by Gasteiger charge is -2.07. The van der Waals surface area contributed by atoms with Crippen LogP contribution >= 0.6 is 34.7 Å². The van der Waals surface area contributed by atoms with Crippen molar-refractivity contribution >= 4 is 57.5 Å². The van der Waals surface area contributed by atoms with E-state index < -0.39 is 5.97 Å². The molecule has 1 aromatic heterocycles. The van der Waals surface area contributed by atoms with Crippen LogP contribution in [0.3, 0.4) is 0 Å². The van der Waals surface area contributed by atoms with Gasteiger partial charge in [-0.25, -0.2) is 4.79 Å². The molecule has 0 fully saturated rings. The van der Waals surface area contributed by atoms with Gasteiger partial charge in [-0.1, -0.05) is 11.6 Å². The zero-order valence-electron chi connectivity index (χ0n) is 15.1. The van der Waals surface area contributed by atoms with E-state index in [1.165, 1.54) is 18.8 Å². The van der Waals surface area contributed by atoms with Gasteiger partial charge in [0.15, 0.2) is 0 Å². The normalized spacial score (nSPS) is 10.4. The molecule has 0 saturated carbocycles. The minimum Gasteiger partial charge on any atom is -0.462 e. The Labute approximate surface area is 170 Å². The Morgan fingerprint density at radius 2 is 1.89 bits per heavy atom. The first-order valence-electron chi connectivity index (χ1n) is 8.08. The van der Waals surface area contributed by atoms with E-state index in [4.69, 9.17) is 16.3 Å². The molecule has 0 bridgehead atoms. The van der Waals surface area contributed by atoms with Gasteiger partial charge in [0.25, 0.3) is 5.91 Å². The summed E-state index contributed by atoms with van der Waals surface area (Å²) in [7, 11) is 1.51. The third kappa shape index (κ3) is 5.47. The highest BCUT2D eigenvalue weighted by molar-refractivity contribution is 8.00. The third-order valence-corrected chi connectivity index (χ3v) is 5.97. The van der Waals surface area contributed by atoms with Crippen molar-refractivity contribution in [3.63, 3.8) is 0 Å². The Morgan fingerprint density at radius 1 is 1.22 bits per heavy atom. The maximum absolute atomic E-state index is 12.3. The number of rotatable bonds is 7. The summed E-state index contributed by atoms with van der Waals surface area (Å²) >= 11 is 8.24. The highest BCUT2D eigenvalue weighted by Gasteiger charge is 2.26. The molecule has 1 aromatic carbocycles. The lowest BCUT2D eigenvalue weighted by Crippen LogP contribution is -2.18. The van der Waals surface area contributed by atoms with E-state index in [2.05, 4.69) is 10.6 Å².